The molecule has 0 radical (unpaired) electrons. The lowest BCUT2D eigenvalue weighted by atomic mass is 10.0. The highest BCUT2D eigenvalue weighted by molar-refractivity contribution is 6.05. The fourth-order valence-electron chi connectivity index (χ4n) is 7.08. The topological polar surface area (TPSA) is 131 Å². The number of carbonyl (C=O) groups excluding carboxylic acids is 4. The number of piperidine rings is 1. The molecule has 3 aromatic rings. The molecule has 1 aromatic heterocycles. The molecule has 0 spiro atoms. The molecule has 0 saturated carbocycles. The fraction of sp³-hybridized carbons (Fsp3) is 0.406. The van der Waals surface area contributed by atoms with E-state index in [1.165, 1.54) is 11.0 Å². The van der Waals surface area contributed by atoms with Crippen LogP contribution in [0.3, 0.4) is 0 Å². The number of carbonyl (C=O) groups is 4. The van der Waals surface area contributed by atoms with Crippen LogP contribution < -0.4 is 5.32 Å². The molecule has 0 aliphatic carbocycles. The lowest BCUT2D eigenvalue weighted by Gasteiger charge is -2.41. The zero-order chi connectivity index (χ0) is 31.2. The van der Waals surface area contributed by atoms with Crippen LogP contribution in [0.1, 0.15) is 63.4 Å². The van der Waals surface area contributed by atoms with Crippen LogP contribution in [-0.4, -0.2) is 92.8 Å². The molecule has 2 aromatic carbocycles. The van der Waals surface area contributed by atoms with Gasteiger partial charge in [0.1, 0.15) is 18.0 Å². The Morgan fingerprint density at radius 1 is 1.09 bits per heavy atom. The molecular weight excluding hydrogens is 581 g/mol. The molecule has 2 N–H and O–H groups in total. The second-order valence-corrected chi connectivity index (χ2v) is 12.0. The Bertz CT molecular complexity index is 1650. The molecule has 2 fully saturated rings. The van der Waals surface area contributed by atoms with Crippen molar-refractivity contribution < 1.29 is 28.3 Å². The summed E-state index contributed by atoms with van der Waals surface area (Å²) in [5.74, 6) is -2.11. The van der Waals surface area contributed by atoms with Gasteiger partial charge in [-0.2, -0.15) is 5.10 Å². The van der Waals surface area contributed by atoms with Crippen LogP contribution >= 0.6 is 0 Å². The normalized spacial score (nSPS) is 22.8. The molecule has 0 bridgehead atoms. The molecule has 12 nitrogen and oxygen atoms in total. The number of fused-ring (bicyclic) bond motifs is 2. The van der Waals surface area contributed by atoms with Gasteiger partial charge in [-0.3, -0.25) is 39.4 Å². The van der Waals surface area contributed by atoms with Gasteiger partial charge < -0.3 is 14.5 Å². The Morgan fingerprint density at radius 3 is 2.60 bits per heavy atom. The summed E-state index contributed by atoms with van der Waals surface area (Å²) in [5.41, 5.74) is 3.99. The number of piperazine rings is 1. The number of ether oxygens (including phenoxy) is 1. The minimum absolute atomic E-state index is 0.0000401. The van der Waals surface area contributed by atoms with Crippen LogP contribution in [0.2, 0.25) is 0 Å². The first-order valence-corrected chi connectivity index (χ1v) is 15.1. The van der Waals surface area contributed by atoms with Crippen LogP contribution in [0.25, 0.3) is 0 Å². The molecule has 234 valence electrons. The number of hydrogen-bond acceptors (Lipinski definition) is 8. The maximum absolute atomic E-state index is 15.3. The first-order valence-electron chi connectivity index (χ1n) is 15.1. The summed E-state index contributed by atoms with van der Waals surface area (Å²) in [6, 6.07) is 11.9. The quantitative estimate of drug-likeness (QED) is 0.386. The van der Waals surface area contributed by atoms with E-state index < -0.39 is 29.8 Å². The number of imide groups is 1. The smallest absolute Gasteiger partial charge is 0.258 e. The lowest BCUT2D eigenvalue weighted by molar-refractivity contribution is -0.150. The van der Waals surface area contributed by atoms with Crippen molar-refractivity contribution in [3.8, 4) is 0 Å². The number of aromatic amines is 1. The third kappa shape index (κ3) is 5.30. The van der Waals surface area contributed by atoms with E-state index in [1.807, 2.05) is 41.3 Å². The van der Waals surface area contributed by atoms with Gasteiger partial charge in [0, 0.05) is 58.4 Å². The largest absolute Gasteiger partial charge is 0.367 e. The molecule has 5 heterocycles. The molecule has 3 atom stereocenters. The van der Waals surface area contributed by atoms with Gasteiger partial charge >= 0.3 is 0 Å². The predicted molar refractivity (Wildman–Crippen MR) is 157 cm³/mol. The van der Waals surface area contributed by atoms with E-state index in [-0.39, 0.29) is 42.9 Å². The number of hydrogen-bond donors (Lipinski definition) is 2. The molecule has 2 unspecified atom stereocenters. The SMILES string of the molecule is CO[C@@H](C(=O)N1Cc2[nH]ncc2C1N1CCN(Cc2cc(F)c3c(c2)CN(C2CCC(=O)NC2=O)C3=O)CC1)c1ccccc1. The highest BCUT2D eigenvalue weighted by Gasteiger charge is 2.43. The van der Waals surface area contributed by atoms with Crippen molar-refractivity contribution in [3.05, 3.63) is 88.0 Å². The molecule has 4 aliphatic heterocycles. The summed E-state index contributed by atoms with van der Waals surface area (Å²) in [6.45, 7) is 3.77. The Balaban J connectivity index is 1.02. The number of rotatable bonds is 7. The molecule has 4 aliphatic rings. The molecule has 2 saturated heterocycles. The van der Waals surface area contributed by atoms with Crippen molar-refractivity contribution in [2.24, 2.45) is 0 Å². The minimum Gasteiger partial charge on any atom is -0.367 e. The summed E-state index contributed by atoms with van der Waals surface area (Å²) in [7, 11) is 1.55. The molecule has 4 amide bonds. The van der Waals surface area contributed by atoms with Gasteiger partial charge in [0.15, 0.2) is 6.10 Å². The Morgan fingerprint density at radius 2 is 1.87 bits per heavy atom. The first kappa shape index (κ1) is 29.3. The van der Waals surface area contributed by atoms with E-state index in [0.717, 1.165) is 22.4 Å². The van der Waals surface area contributed by atoms with Crippen LogP contribution in [0.4, 0.5) is 4.39 Å². The number of H-pyrrole nitrogens is 1. The summed E-state index contributed by atoms with van der Waals surface area (Å²) in [6.07, 6.45) is 1.16. The summed E-state index contributed by atoms with van der Waals surface area (Å²) in [5, 5.41) is 9.55. The van der Waals surface area contributed by atoms with Crippen LogP contribution in [0.15, 0.2) is 48.7 Å². The van der Waals surface area contributed by atoms with Gasteiger partial charge in [-0.05, 0) is 29.2 Å². The maximum atomic E-state index is 15.3. The zero-order valence-electron chi connectivity index (χ0n) is 24.9. The van der Waals surface area contributed by atoms with E-state index in [2.05, 4.69) is 25.3 Å². The van der Waals surface area contributed by atoms with E-state index >= 15 is 4.39 Å². The second kappa shape index (κ2) is 11.8. The predicted octanol–water partition coefficient (Wildman–Crippen LogP) is 1.86. The summed E-state index contributed by atoms with van der Waals surface area (Å²) >= 11 is 0. The third-order valence-corrected chi connectivity index (χ3v) is 9.29. The molecule has 13 heteroatoms. The Labute approximate surface area is 259 Å². The average Bonchev–Trinajstić information content (AvgIpc) is 3.72. The van der Waals surface area contributed by atoms with Gasteiger partial charge in [-0.15, -0.1) is 0 Å². The van der Waals surface area contributed by atoms with E-state index in [1.54, 1.807) is 13.3 Å². The second-order valence-electron chi connectivity index (χ2n) is 12.0. The number of nitrogens with zero attached hydrogens (tertiary/aromatic N) is 5. The standard InChI is InChI=1S/C32H34FN7O5/c1-45-28(20-5-3-2-4-6-20)32(44)40-18-24-22(15-34-36-24)30(40)38-11-9-37(10-12-38)16-19-13-21-17-39(31(43)27(21)23(33)14-19)25-7-8-26(41)35-29(25)42/h2-6,13-15,25,28,30H,7-12,16-18H2,1H3,(H,34,36)(H,35,41,42)/t25?,28-,30?/m1/s1. The number of nitrogens with one attached hydrogen (secondary N) is 2. The Hall–Kier alpha value is -4.46. The number of benzene rings is 2. The Kier molecular flexibility index (Phi) is 7.68. The third-order valence-electron chi connectivity index (χ3n) is 9.29. The highest BCUT2D eigenvalue weighted by atomic mass is 19.1. The average molecular weight is 616 g/mol. The number of amides is 4. The van der Waals surface area contributed by atoms with Crippen molar-refractivity contribution in [3.63, 3.8) is 0 Å². The highest BCUT2D eigenvalue weighted by Crippen LogP contribution is 2.38. The lowest BCUT2D eigenvalue weighted by Crippen LogP contribution is -2.52. The van der Waals surface area contributed by atoms with Crippen molar-refractivity contribution in [2.75, 3.05) is 33.3 Å². The monoisotopic (exact) mass is 615 g/mol. The van der Waals surface area contributed by atoms with Gasteiger partial charge in [0.2, 0.25) is 11.8 Å². The van der Waals surface area contributed by atoms with Gasteiger partial charge in [-0.1, -0.05) is 36.4 Å². The van der Waals surface area contributed by atoms with Crippen LogP contribution in [0.5, 0.6) is 0 Å². The first-order chi connectivity index (χ1) is 21.8. The summed E-state index contributed by atoms with van der Waals surface area (Å²) < 4.78 is 21.0. The van der Waals surface area contributed by atoms with Gasteiger partial charge in [-0.25, -0.2) is 4.39 Å². The summed E-state index contributed by atoms with van der Waals surface area (Å²) in [4.78, 5) is 58.6. The molecular formula is C32H34FN7O5. The molecule has 7 rings (SSSR count). The van der Waals surface area contributed by atoms with Gasteiger partial charge in [0.05, 0.1) is 24.0 Å². The van der Waals surface area contributed by atoms with Crippen molar-refractivity contribution in [1.82, 2.24) is 35.1 Å². The zero-order valence-corrected chi connectivity index (χ0v) is 24.9. The van der Waals surface area contributed by atoms with Gasteiger partial charge in [0.25, 0.3) is 11.8 Å². The minimum atomic E-state index is -0.789. The number of aromatic nitrogens is 2. The van der Waals surface area contributed by atoms with Crippen LogP contribution in [0, 0.1) is 5.82 Å². The van der Waals surface area contributed by atoms with E-state index in [0.29, 0.717) is 44.8 Å². The number of methoxy groups -OCH3 is 1. The van der Waals surface area contributed by atoms with Crippen LogP contribution in [-0.2, 0) is 38.8 Å². The molecule has 45 heavy (non-hydrogen) atoms. The van der Waals surface area contributed by atoms with Crippen molar-refractivity contribution >= 4 is 23.6 Å². The van der Waals surface area contributed by atoms with E-state index in [4.69, 9.17) is 4.74 Å². The maximum Gasteiger partial charge on any atom is 0.258 e. The number of halogens is 1. The van der Waals surface area contributed by atoms with Crippen molar-refractivity contribution in [2.45, 2.75) is 50.8 Å². The van der Waals surface area contributed by atoms with E-state index in [9.17, 15) is 19.2 Å². The van der Waals surface area contributed by atoms with Crippen molar-refractivity contribution in [1.29, 1.82) is 0 Å². The fourth-order valence-corrected chi connectivity index (χ4v) is 7.08.